The van der Waals surface area contributed by atoms with Crippen LogP contribution in [0.1, 0.15) is 13.3 Å². The van der Waals surface area contributed by atoms with Gasteiger partial charge >= 0.3 is 0 Å². The average molecular weight is 102 g/mol. The predicted octanol–water partition coefficient (Wildman–Crippen LogP) is 0.752. The van der Waals surface area contributed by atoms with Crippen LogP contribution >= 0.6 is 0 Å². The van der Waals surface area contributed by atoms with Crippen LogP contribution in [-0.4, -0.2) is 13.2 Å². The van der Waals surface area contributed by atoms with Crippen LogP contribution in [0.4, 0.5) is 0 Å². The Kier molecular flexibility index (Phi) is 5.85. The summed E-state index contributed by atoms with van der Waals surface area (Å²) in [6.07, 6.45) is 1.05. The predicted molar refractivity (Wildman–Crippen MR) is 29.6 cm³/mol. The zero-order valence-corrected chi connectivity index (χ0v) is 4.74. The van der Waals surface area contributed by atoms with Gasteiger partial charge in [0, 0.05) is 6.54 Å². The maximum absolute atomic E-state index is 4.82. The molecule has 0 unspecified atom stereocenters. The molecule has 0 aliphatic rings. The van der Waals surface area contributed by atoms with E-state index in [4.69, 9.17) is 4.84 Å². The van der Waals surface area contributed by atoms with Crippen molar-refractivity contribution in [3.63, 3.8) is 0 Å². The highest BCUT2D eigenvalue weighted by molar-refractivity contribution is 4.31. The van der Waals surface area contributed by atoms with E-state index in [0.29, 0.717) is 6.54 Å². The Bertz CT molecular complexity index is 27.3. The van der Waals surface area contributed by atoms with Crippen molar-refractivity contribution in [3.05, 3.63) is 6.92 Å². The Morgan fingerprint density at radius 3 is 2.86 bits per heavy atom. The van der Waals surface area contributed by atoms with Gasteiger partial charge in [-0.05, 0) is 13.3 Å². The van der Waals surface area contributed by atoms with Gasteiger partial charge in [0.1, 0.15) is 0 Å². The lowest BCUT2D eigenvalue weighted by Gasteiger charge is -1.97. The lowest BCUT2D eigenvalue weighted by atomic mass is 10.5. The van der Waals surface area contributed by atoms with E-state index >= 15 is 0 Å². The van der Waals surface area contributed by atoms with Crippen molar-refractivity contribution in [2.45, 2.75) is 13.3 Å². The van der Waals surface area contributed by atoms with Crippen LogP contribution in [0.15, 0.2) is 0 Å². The Morgan fingerprint density at radius 1 is 1.71 bits per heavy atom. The molecule has 1 N–H and O–H groups in total. The van der Waals surface area contributed by atoms with Crippen molar-refractivity contribution in [2.24, 2.45) is 0 Å². The number of rotatable bonds is 4. The fourth-order valence-electron chi connectivity index (χ4n) is 0.246. The van der Waals surface area contributed by atoms with Crippen molar-refractivity contribution in [1.82, 2.24) is 5.48 Å². The molecule has 2 nitrogen and oxygen atoms in total. The molecule has 0 aromatic rings. The fraction of sp³-hybridized carbons (Fsp3) is 0.800. The van der Waals surface area contributed by atoms with Crippen molar-refractivity contribution in [1.29, 1.82) is 0 Å². The maximum Gasteiger partial charge on any atom is 0.0679 e. The van der Waals surface area contributed by atoms with Crippen LogP contribution in [0.2, 0.25) is 0 Å². The molecule has 43 valence electrons. The van der Waals surface area contributed by atoms with E-state index in [-0.39, 0.29) is 0 Å². The van der Waals surface area contributed by atoms with Gasteiger partial charge in [-0.1, -0.05) is 6.92 Å². The van der Waals surface area contributed by atoms with Crippen LogP contribution in [0.25, 0.3) is 0 Å². The van der Waals surface area contributed by atoms with Crippen LogP contribution in [0.5, 0.6) is 0 Å². The van der Waals surface area contributed by atoms with Gasteiger partial charge in [-0.3, -0.25) is 0 Å². The highest BCUT2D eigenvalue weighted by Crippen LogP contribution is 1.72. The molecule has 0 saturated heterocycles. The van der Waals surface area contributed by atoms with E-state index in [9.17, 15) is 0 Å². The van der Waals surface area contributed by atoms with Gasteiger partial charge in [0.25, 0.3) is 0 Å². The van der Waals surface area contributed by atoms with E-state index in [2.05, 4.69) is 19.3 Å². The minimum absolute atomic E-state index is 0.639. The Hall–Kier alpha value is -0.0800. The zero-order chi connectivity index (χ0) is 5.54. The molecule has 7 heavy (non-hydrogen) atoms. The third kappa shape index (κ3) is 5.92. The van der Waals surface area contributed by atoms with Crippen molar-refractivity contribution < 1.29 is 4.84 Å². The Balaban J connectivity index is 2.45. The number of hydrogen-bond donors (Lipinski definition) is 1. The number of hydroxylamine groups is 1. The summed E-state index contributed by atoms with van der Waals surface area (Å²) in [6.45, 7) is 6.99. The molecular weight excluding hydrogens is 90.1 g/mol. The SMILES string of the molecule is [CH2]CNOCCC. The molecule has 0 aliphatic heterocycles. The van der Waals surface area contributed by atoms with Gasteiger partial charge in [-0.15, -0.1) is 0 Å². The molecular formula is C5H12NO. The lowest BCUT2D eigenvalue weighted by molar-refractivity contribution is 0.0486. The molecule has 0 heterocycles. The second-order valence-corrected chi connectivity index (χ2v) is 1.24. The molecule has 0 atom stereocenters. The largest absolute Gasteiger partial charge is 0.302 e. The molecule has 0 aromatic heterocycles. The van der Waals surface area contributed by atoms with Gasteiger partial charge in [0.05, 0.1) is 6.61 Å². The van der Waals surface area contributed by atoms with Gasteiger partial charge in [0.2, 0.25) is 0 Å². The minimum Gasteiger partial charge on any atom is -0.302 e. The molecule has 1 radical (unpaired) electrons. The second-order valence-electron chi connectivity index (χ2n) is 1.24. The van der Waals surface area contributed by atoms with Crippen LogP contribution in [0, 0.1) is 6.92 Å². The monoisotopic (exact) mass is 102 g/mol. The fourth-order valence-corrected chi connectivity index (χ4v) is 0.246. The molecule has 2 heteroatoms. The Labute approximate surface area is 44.8 Å². The summed E-state index contributed by atoms with van der Waals surface area (Å²) in [5.41, 5.74) is 2.64. The molecule has 0 spiro atoms. The first-order valence-electron chi connectivity index (χ1n) is 2.55. The first-order valence-corrected chi connectivity index (χ1v) is 2.55. The van der Waals surface area contributed by atoms with E-state index in [1.165, 1.54) is 0 Å². The average Bonchev–Trinajstić information content (AvgIpc) is 1.69. The third-order valence-corrected chi connectivity index (χ3v) is 0.510. The zero-order valence-electron chi connectivity index (χ0n) is 4.74. The van der Waals surface area contributed by atoms with Crippen LogP contribution in [-0.2, 0) is 4.84 Å². The van der Waals surface area contributed by atoms with E-state index in [0.717, 1.165) is 13.0 Å². The first-order chi connectivity index (χ1) is 3.41. The van der Waals surface area contributed by atoms with E-state index < -0.39 is 0 Å². The topological polar surface area (TPSA) is 21.3 Å². The van der Waals surface area contributed by atoms with Gasteiger partial charge in [-0.25, -0.2) is 5.48 Å². The minimum atomic E-state index is 0.639. The molecule has 0 bridgehead atoms. The normalized spacial score (nSPS) is 9.43. The van der Waals surface area contributed by atoms with Gasteiger partial charge in [0.15, 0.2) is 0 Å². The standard InChI is InChI=1S/C5H12NO/c1-3-5-7-6-4-2/h6H,2-5H2,1H3. The smallest absolute Gasteiger partial charge is 0.0679 e. The van der Waals surface area contributed by atoms with Gasteiger partial charge in [-0.2, -0.15) is 0 Å². The summed E-state index contributed by atoms with van der Waals surface area (Å²) in [6, 6.07) is 0. The highest BCUT2D eigenvalue weighted by atomic mass is 16.6. The Morgan fingerprint density at radius 2 is 2.43 bits per heavy atom. The summed E-state index contributed by atoms with van der Waals surface area (Å²) >= 11 is 0. The second kappa shape index (κ2) is 5.92. The number of hydrogen-bond acceptors (Lipinski definition) is 2. The molecule has 0 rings (SSSR count). The maximum atomic E-state index is 4.82. The summed E-state index contributed by atoms with van der Waals surface area (Å²) in [4.78, 5) is 4.82. The van der Waals surface area contributed by atoms with Gasteiger partial charge < -0.3 is 4.84 Å². The van der Waals surface area contributed by atoms with Crippen LogP contribution in [0.3, 0.4) is 0 Å². The quantitative estimate of drug-likeness (QED) is 0.418. The van der Waals surface area contributed by atoms with Crippen molar-refractivity contribution in [2.75, 3.05) is 13.2 Å². The van der Waals surface area contributed by atoms with E-state index in [1.807, 2.05) is 0 Å². The molecule has 0 amide bonds. The molecule has 0 aliphatic carbocycles. The van der Waals surface area contributed by atoms with Crippen molar-refractivity contribution >= 4 is 0 Å². The molecule has 0 aromatic carbocycles. The highest BCUT2D eigenvalue weighted by Gasteiger charge is 1.76. The molecule has 0 fully saturated rings. The molecule has 0 saturated carbocycles. The summed E-state index contributed by atoms with van der Waals surface area (Å²) in [5.74, 6) is 0. The summed E-state index contributed by atoms with van der Waals surface area (Å²) in [5, 5.41) is 0. The number of nitrogens with one attached hydrogen (secondary N) is 1. The van der Waals surface area contributed by atoms with Crippen molar-refractivity contribution in [3.8, 4) is 0 Å². The third-order valence-electron chi connectivity index (χ3n) is 0.510. The first kappa shape index (κ1) is 6.92. The van der Waals surface area contributed by atoms with E-state index in [1.54, 1.807) is 0 Å². The van der Waals surface area contributed by atoms with Crippen LogP contribution < -0.4 is 5.48 Å². The summed E-state index contributed by atoms with van der Waals surface area (Å²) in [7, 11) is 0. The summed E-state index contributed by atoms with van der Waals surface area (Å²) < 4.78 is 0. The lowest BCUT2D eigenvalue weighted by Crippen LogP contribution is -2.13.